The predicted octanol–water partition coefficient (Wildman–Crippen LogP) is 2.29. The molecule has 0 unspecified atom stereocenters. The van der Waals surface area contributed by atoms with Crippen molar-refractivity contribution in [3.8, 4) is 11.5 Å². The summed E-state index contributed by atoms with van der Waals surface area (Å²) in [5.41, 5.74) is 1.91. The number of fused-ring (bicyclic) bond motifs is 1. The number of piperazine rings is 1. The lowest BCUT2D eigenvalue weighted by Gasteiger charge is -2.34. The van der Waals surface area contributed by atoms with Gasteiger partial charge in [-0.1, -0.05) is 18.2 Å². The van der Waals surface area contributed by atoms with Gasteiger partial charge >= 0.3 is 0 Å². The lowest BCUT2D eigenvalue weighted by Crippen LogP contribution is -2.49. The van der Waals surface area contributed by atoms with Gasteiger partial charge in [0.05, 0.1) is 24.7 Å². The van der Waals surface area contributed by atoms with Crippen molar-refractivity contribution in [2.24, 2.45) is 0 Å². The van der Waals surface area contributed by atoms with Gasteiger partial charge < -0.3 is 19.4 Å². The number of aromatic amines is 1. The molecule has 1 amide bonds. The van der Waals surface area contributed by atoms with Crippen LogP contribution in [0.15, 0.2) is 48.5 Å². The Balaban J connectivity index is 1.27. The fraction of sp³-hybridized carbons (Fsp3) is 0.333. The maximum Gasteiger partial charge on any atom is 0.260 e. The summed E-state index contributed by atoms with van der Waals surface area (Å²) in [5, 5.41) is 0. The molecular formula is C21H24N4O3. The normalized spacial score (nSPS) is 15.0. The Kier molecular flexibility index (Phi) is 5.43. The second-order valence-corrected chi connectivity index (χ2v) is 6.83. The van der Waals surface area contributed by atoms with Crippen molar-refractivity contribution < 1.29 is 14.3 Å². The number of hydrogen-bond donors (Lipinski definition) is 1. The number of hydrogen-bond acceptors (Lipinski definition) is 5. The zero-order chi connectivity index (χ0) is 19.3. The number of H-pyrrole nitrogens is 1. The molecular weight excluding hydrogens is 356 g/mol. The Bertz CT molecular complexity index is 933. The minimum Gasteiger partial charge on any atom is -0.497 e. The number of benzene rings is 2. The summed E-state index contributed by atoms with van der Waals surface area (Å²) in [6.07, 6.45) is 0. The molecule has 0 atom stereocenters. The second-order valence-electron chi connectivity index (χ2n) is 6.83. The summed E-state index contributed by atoms with van der Waals surface area (Å²) in [6.45, 7) is 3.85. The van der Waals surface area contributed by atoms with E-state index in [1.807, 2.05) is 53.4 Å². The molecule has 0 bridgehead atoms. The summed E-state index contributed by atoms with van der Waals surface area (Å²) >= 11 is 0. The van der Waals surface area contributed by atoms with Gasteiger partial charge in [0.15, 0.2) is 6.61 Å². The van der Waals surface area contributed by atoms with Crippen LogP contribution >= 0.6 is 0 Å². The molecule has 2 heterocycles. The number of ether oxygens (including phenoxy) is 2. The highest BCUT2D eigenvalue weighted by molar-refractivity contribution is 5.78. The second kappa shape index (κ2) is 8.31. The highest BCUT2D eigenvalue weighted by Crippen LogP contribution is 2.19. The van der Waals surface area contributed by atoms with Crippen molar-refractivity contribution in [3.05, 3.63) is 54.4 Å². The average molecular weight is 380 g/mol. The lowest BCUT2D eigenvalue weighted by molar-refractivity contribution is -0.135. The van der Waals surface area contributed by atoms with E-state index in [-0.39, 0.29) is 12.5 Å². The van der Waals surface area contributed by atoms with Gasteiger partial charge in [-0.2, -0.15) is 0 Å². The first-order valence-electron chi connectivity index (χ1n) is 9.42. The molecule has 146 valence electrons. The predicted molar refractivity (Wildman–Crippen MR) is 106 cm³/mol. The largest absolute Gasteiger partial charge is 0.497 e. The van der Waals surface area contributed by atoms with Crippen LogP contribution in [0.1, 0.15) is 5.82 Å². The Labute approximate surface area is 163 Å². The van der Waals surface area contributed by atoms with Gasteiger partial charge in [0.25, 0.3) is 5.91 Å². The summed E-state index contributed by atoms with van der Waals surface area (Å²) in [4.78, 5) is 24.5. The van der Waals surface area contributed by atoms with E-state index in [0.717, 1.165) is 48.0 Å². The molecule has 7 heteroatoms. The van der Waals surface area contributed by atoms with Crippen LogP contribution in [0, 0.1) is 0 Å². The number of nitrogens with one attached hydrogen (secondary N) is 1. The zero-order valence-electron chi connectivity index (χ0n) is 15.9. The maximum atomic E-state index is 12.4. The van der Waals surface area contributed by atoms with E-state index in [0.29, 0.717) is 13.1 Å². The standard InChI is InChI=1S/C21H24N4O3/c1-27-17-7-8-18-19(13-17)23-20(22-18)14-24-9-11-25(12-10-24)21(26)15-28-16-5-3-2-4-6-16/h2-8,13H,9-12,14-15H2,1H3,(H,22,23). The van der Waals surface area contributed by atoms with E-state index in [1.54, 1.807) is 7.11 Å². The molecule has 1 aromatic heterocycles. The fourth-order valence-electron chi connectivity index (χ4n) is 3.36. The summed E-state index contributed by atoms with van der Waals surface area (Å²) < 4.78 is 10.8. The molecule has 1 aliphatic heterocycles. The average Bonchev–Trinajstić information content (AvgIpc) is 3.14. The molecule has 3 aromatic rings. The molecule has 7 nitrogen and oxygen atoms in total. The van der Waals surface area contributed by atoms with E-state index in [4.69, 9.17) is 9.47 Å². The molecule has 1 saturated heterocycles. The van der Waals surface area contributed by atoms with Crippen LogP contribution in [-0.2, 0) is 11.3 Å². The van der Waals surface area contributed by atoms with E-state index in [1.165, 1.54) is 0 Å². The van der Waals surface area contributed by atoms with Crippen LogP contribution in [0.2, 0.25) is 0 Å². The van der Waals surface area contributed by atoms with Crippen molar-refractivity contribution in [3.63, 3.8) is 0 Å². The molecule has 0 spiro atoms. The number of methoxy groups -OCH3 is 1. The van der Waals surface area contributed by atoms with Gasteiger partial charge in [-0.15, -0.1) is 0 Å². The number of carbonyl (C=O) groups is 1. The number of imidazole rings is 1. The Morgan fingerprint density at radius 2 is 1.86 bits per heavy atom. The number of amides is 1. The van der Waals surface area contributed by atoms with Crippen LogP contribution in [0.5, 0.6) is 11.5 Å². The van der Waals surface area contributed by atoms with Crippen LogP contribution in [0.3, 0.4) is 0 Å². The molecule has 0 saturated carbocycles. The maximum absolute atomic E-state index is 12.4. The molecule has 4 rings (SSSR count). The van der Waals surface area contributed by atoms with Crippen LogP contribution in [0.4, 0.5) is 0 Å². The van der Waals surface area contributed by atoms with Crippen molar-refractivity contribution in [2.45, 2.75) is 6.54 Å². The molecule has 0 radical (unpaired) electrons. The van der Waals surface area contributed by atoms with Crippen LogP contribution < -0.4 is 9.47 Å². The molecule has 1 N–H and O–H groups in total. The summed E-state index contributed by atoms with van der Waals surface area (Å²) in [7, 11) is 1.66. The number of aromatic nitrogens is 2. The molecule has 28 heavy (non-hydrogen) atoms. The quantitative estimate of drug-likeness (QED) is 0.711. The zero-order valence-corrected chi connectivity index (χ0v) is 15.9. The first-order chi connectivity index (χ1) is 13.7. The van der Waals surface area contributed by atoms with Crippen LogP contribution in [0.25, 0.3) is 11.0 Å². The van der Waals surface area contributed by atoms with Crippen molar-refractivity contribution >= 4 is 16.9 Å². The Morgan fingerprint density at radius 1 is 1.07 bits per heavy atom. The van der Waals surface area contributed by atoms with Gasteiger partial charge in [0, 0.05) is 32.2 Å². The Hall–Kier alpha value is -3.06. The summed E-state index contributed by atoms with van der Waals surface area (Å²) in [6, 6.07) is 15.2. The number of para-hydroxylation sites is 1. The molecule has 0 aliphatic carbocycles. The fourth-order valence-corrected chi connectivity index (χ4v) is 3.36. The van der Waals surface area contributed by atoms with Crippen molar-refractivity contribution in [2.75, 3.05) is 39.9 Å². The third kappa shape index (κ3) is 4.26. The van der Waals surface area contributed by atoms with Gasteiger partial charge in [0.2, 0.25) is 0 Å². The molecule has 1 fully saturated rings. The van der Waals surface area contributed by atoms with Crippen molar-refractivity contribution in [1.29, 1.82) is 0 Å². The monoisotopic (exact) mass is 380 g/mol. The number of carbonyl (C=O) groups excluding carboxylic acids is 1. The Morgan fingerprint density at radius 3 is 2.61 bits per heavy atom. The van der Waals surface area contributed by atoms with E-state index in [2.05, 4.69) is 14.9 Å². The van der Waals surface area contributed by atoms with Crippen molar-refractivity contribution in [1.82, 2.24) is 19.8 Å². The number of rotatable bonds is 6. The lowest BCUT2D eigenvalue weighted by atomic mass is 10.3. The minimum absolute atomic E-state index is 0.0272. The van der Waals surface area contributed by atoms with Crippen LogP contribution in [-0.4, -0.2) is 65.6 Å². The minimum atomic E-state index is 0.0272. The smallest absolute Gasteiger partial charge is 0.260 e. The van der Waals surface area contributed by atoms with E-state index >= 15 is 0 Å². The van der Waals surface area contributed by atoms with Gasteiger partial charge in [-0.25, -0.2) is 4.98 Å². The first kappa shape index (κ1) is 18.3. The third-order valence-electron chi connectivity index (χ3n) is 4.94. The van der Waals surface area contributed by atoms with E-state index < -0.39 is 0 Å². The third-order valence-corrected chi connectivity index (χ3v) is 4.94. The topological polar surface area (TPSA) is 70.7 Å². The molecule has 1 aliphatic rings. The first-order valence-corrected chi connectivity index (χ1v) is 9.42. The van der Waals surface area contributed by atoms with Gasteiger partial charge in [-0.3, -0.25) is 9.69 Å². The highest BCUT2D eigenvalue weighted by Gasteiger charge is 2.22. The van der Waals surface area contributed by atoms with E-state index in [9.17, 15) is 4.79 Å². The van der Waals surface area contributed by atoms with Gasteiger partial charge in [0.1, 0.15) is 17.3 Å². The SMILES string of the molecule is COc1ccc2nc(CN3CCN(C(=O)COc4ccccc4)CC3)[nH]c2c1. The molecule has 2 aromatic carbocycles. The van der Waals surface area contributed by atoms with Gasteiger partial charge in [-0.05, 0) is 24.3 Å². The summed E-state index contributed by atoms with van der Waals surface area (Å²) in [5.74, 6) is 2.48. The number of nitrogens with zero attached hydrogens (tertiary/aromatic N) is 3. The highest BCUT2D eigenvalue weighted by atomic mass is 16.5.